The van der Waals surface area contributed by atoms with E-state index in [1.807, 2.05) is 0 Å². The lowest BCUT2D eigenvalue weighted by Gasteiger charge is -2.21. The minimum absolute atomic E-state index is 0.0562. The molecule has 0 radical (unpaired) electrons. The number of benzene rings is 3. The van der Waals surface area contributed by atoms with Crippen LogP contribution in [0, 0.1) is 0 Å². The number of rotatable bonds is 6. The van der Waals surface area contributed by atoms with Crippen LogP contribution in [0.3, 0.4) is 0 Å². The van der Waals surface area contributed by atoms with Crippen LogP contribution < -0.4 is 9.47 Å². The van der Waals surface area contributed by atoms with Gasteiger partial charge in [0.1, 0.15) is 45.1 Å². The van der Waals surface area contributed by atoms with E-state index in [0.717, 1.165) is 0 Å². The zero-order valence-electron chi connectivity index (χ0n) is 21.3. The third-order valence-electron chi connectivity index (χ3n) is 4.54. The van der Waals surface area contributed by atoms with Crippen molar-refractivity contribution in [1.29, 1.82) is 0 Å². The summed E-state index contributed by atoms with van der Waals surface area (Å²) in [7, 11) is 0. The Morgan fingerprint density at radius 1 is 0.500 bits per heavy atom. The third kappa shape index (κ3) is 7.18. The minimum Gasteiger partial charge on any atom is -0.456 e. The molecule has 7 heteroatoms. The van der Waals surface area contributed by atoms with E-state index in [2.05, 4.69) is 0 Å². The SMILES string of the molecule is CC(C)(C)OC(=O)c1ccccc1OC(=O)c1ccccc1Oc1ccccc1C(=O)OC(C)(C)C. The van der Waals surface area contributed by atoms with Gasteiger partial charge in [-0.25, -0.2) is 14.4 Å². The Morgan fingerprint density at radius 3 is 1.25 bits per heavy atom. The Kier molecular flexibility index (Phi) is 7.83. The maximum Gasteiger partial charge on any atom is 0.347 e. The van der Waals surface area contributed by atoms with Gasteiger partial charge in [0.25, 0.3) is 0 Å². The molecule has 0 spiro atoms. The molecule has 0 saturated carbocycles. The summed E-state index contributed by atoms with van der Waals surface area (Å²) >= 11 is 0. The Bertz CT molecular complexity index is 1260. The van der Waals surface area contributed by atoms with Gasteiger partial charge in [-0.1, -0.05) is 36.4 Å². The number of carbonyl (C=O) groups excluding carboxylic acids is 3. The zero-order chi connectivity index (χ0) is 26.5. The van der Waals surface area contributed by atoms with Gasteiger partial charge in [0.05, 0.1) is 0 Å². The fourth-order valence-electron chi connectivity index (χ4n) is 3.11. The molecule has 0 aliphatic heterocycles. The molecule has 188 valence electrons. The fraction of sp³-hybridized carbons (Fsp3) is 0.276. The topological polar surface area (TPSA) is 88.1 Å². The van der Waals surface area contributed by atoms with Crippen molar-refractivity contribution >= 4 is 17.9 Å². The predicted octanol–water partition coefficient (Wildman–Crippen LogP) is 6.61. The van der Waals surface area contributed by atoms with Gasteiger partial charge < -0.3 is 18.9 Å². The lowest BCUT2D eigenvalue weighted by molar-refractivity contribution is 0.00539. The van der Waals surface area contributed by atoms with Crippen LogP contribution in [0.4, 0.5) is 0 Å². The molecule has 3 rings (SSSR count). The molecule has 0 aromatic heterocycles. The van der Waals surface area contributed by atoms with Gasteiger partial charge in [0.2, 0.25) is 0 Å². The van der Waals surface area contributed by atoms with Crippen molar-refractivity contribution in [2.75, 3.05) is 0 Å². The van der Waals surface area contributed by atoms with Crippen LogP contribution in [0.1, 0.15) is 72.6 Å². The van der Waals surface area contributed by atoms with Crippen LogP contribution in [-0.2, 0) is 9.47 Å². The zero-order valence-corrected chi connectivity index (χ0v) is 21.3. The predicted molar refractivity (Wildman–Crippen MR) is 135 cm³/mol. The first-order valence-electron chi connectivity index (χ1n) is 11.5. The Labute approximate surface area is 210 Å². The average Bonchev–Trinajstić information content (AvgIpc) is 2.78. The number of hydrogen-bond donors (Lipinski definition) is 0. The normalized spacial score (nSPS) is 11.4. The Hall–Kier alpha value is -4.13. The molecule has 0 N–H and O–H groups in total. The van der Waals surface area contributed by atoms with E-state index in [-0.39, 0.29) is 33.9 Å². The largest absolute Gasteiger partial charge is 0.456 e. The first-order valence-corrected chi connectivity index (χ1v) is 11.5. The van der Waals surface area contributed by atoms with E-state index < -0.39 is 29.1 Å². The summed E-state index contributed by atoms with van der Waals surface area (Å²) in [6, 6.07) is 19.4. The van der Waals surface area contributed by atoms with Crippen molar-refractivity contribution in [2.24, 2.45) is 0 Å². The van der Waals surface area contributed by atoms with Gasteiger partial charge in [-0.15, -0.1) is 0 Å². The molecule has 0 amide bonds. The molecule has 0 heterocycles. The highest BCUT2D eigenvalue weighted by Gasteiger charge is 2.25. The summed E-state index contributed by atoms with van der Waals surface area (Å²) in [5.74, 6) is -1.45. The standard InChI is InChI=1S/C29H30O7/c1-28(2,3)35-26(31)20-14-8-11-17-23(20)33-22-16-10-7-13-19(22)25(30)34-24-18-12-9-15-21(24)27(32)36-29(4,5)6/h7-18H,1-6H3. The van der Waals surface area contributed by atoms with E-state index in [1.165, 1.54) is 18.2 Å². The molecule has 7 nitrogen and oxygen atoms in total. The molecule has 36 heavy (non-hydrogen) atoms. The van der Waals surface area contributed by atoms with Crippen molar-refractivity contribution in [2.45, 2.75) is 52.7 Å². The number of carbonyl (C=O) groups is 3. The molecule has 0 bridgehead atoms. The van der Waals surface area contributed by atoms with Crippen LogP contribution in [0.25, 0.3) is 0 Å². The minimum atomic E-state index is -0.739. The molecule has 0 aliphatic carbocycles. The highest BCUT2D eigenvalue weighted by Crippen LogP contribution is 2.31. The first kappa shape index (κ1) is 26.5. The van der Waals surface area contributed by atoms with Crippen molar-refractivity contribution in [3.05, 3.63) is 89.5 Å². The van der Waals surface area contributed by atoms with Gasteiger partial charge >= 0.3 is 17.9 Å². The second kappa shape index (κ2) is 10.6. The summed E-state index contributed by atoms with van der Waals surface area (Å²) in [4.78, 5) is 38.5. The highest BCUT2D eigenvalue weighted by atomic mass is 16.6. The molecule has 0 fully saturated rings. The Balaban J connectivity index is 1.88. The summed E-state index contributed by atoms with van der Waals surface area (Å²) in [5, 5.41) is 0. The number of ether oxygens (including phenoxy) is 4. The summed E-state index contributed by atoms with van der Waals surface area (Å²) in [6.07, 6.45) is 0. The van der Waals surface area contributed by atoms with E-state index >= 15 is 0 Å². The quantitative estimate of drug-likeness (QED) is 0.284. The molecule has 0 atom stereocenters. The van der Waals surface area contributed by atoms with Gasteiger partial charge in [0.15, 0.2) is 0 Å². The van der Waals surface area contributed by atoms with E-state index in [1.54, 1.807) is 96.1 Å². The molecule has 0 saturated heterocycles. The van der Waals surface area contributed by atoms with Crippen LogP contribution in [0.2, 0.25) is 0 Å². The van der Waals surface area contributed by atoms with Crippen LogP contribution in [-0.4, -0.2) is 29.1 Å². The summed E-state index contributed by atoms with van der Waals surface area (Å²) in [5.41, 5.74) is -0.959. The molecule has 3 aromatic rings. The number of hydrogen-bond acceptors (Lipinski definition) is 7. The average molecular weight is 491 g/mol. The van der Waals surface area contributed by atoms with Crippen molar-refractivity contribution in [1.82, 2.24) is 0 Å². The molecular weight excluding hydrogens is 460 g/mol. The van der Waals surface area contributed by atoms with Gasteiger partial charge in [-0.2, -0.15) is 0 Å². The molecule has 0 aliphatic rings. The van der Waals surface area contributed by atoms with Crippen LogP contribution in [0.15, 0.2) is 72.8 Å². The molecular formula is C29H30O7. The third-order valence-corrected chi connectivity index (χ3v) is 4.54. The van der Waals surface area contributed by atoms with Crippen LogP contribution in [0.5, 0.6) is 17.2 Å². The first-order chi connectivity index (χ1) is 16.8. The van der Waals surface area contributed by atoms with Gasteiger partial charge in [-0.05, 0) is 77.9 Å². The maximum absolute atomic E-state index is 13.1. The second-order valence-electron chi connectivity index (χ2n) is 9.98. The van der Waals surface area contributed by atoms with Crippen LogP contribution >= 0.6 is 0 Å². The van der Waals surface area contributed by atoms with E-state index in [0.29, 0.717) is 0 Å². The monoisotopic (exact) mass is 490 g/mol. The van der Waals surface area contributed by atoms with E-state index in [9.17, 15) is 14.4 Å². The fourth-order valence-corrected chi connectivity index (χ4v) is 3.11. The smallest absolute Gasteiger partial charge is 0.347 e. The number of esters is 3. The lowest BCUT2D eigenvalue weighted by atomic mass is 10.1. The Morgan fingerprint density at radius 2 is 0.833 bits per heavy atom. The van der Waals surface area contributed by atoms with E-state index in [4.69, 9.17) is 18.9 Å². The van der Waals surface area contributed by atoms with Crippen molar-refractivity contribution < 1.29 is 33.3 Å². The van der Waals surface area contributed by atoms with Gasteiger partial charge in [-0.3, -0.25) is 0 Å². The summed E-state index contributed by atoms with van der Waals surface area (Å²) < 4.78 is 22.5. The maximum atomic E-state index is 13.1. The van der Waals surface area contributed by atoms with Crippen molar-refractivity contribution in [3.8, 4) is 17.2 Å². The summed E-state index contributed by atoms with van der Waals surface area (Å²) in [6.45, 7) is 10.6. The second-order valence-corrected chi connectivity index (χ2v) is 9.98. The van der Waals surface area contributed by atoms with Gasteiger partial charge in [0, 0.05) is 0 Å². The highest BCUT2D eigenvalue weighted by molar-refractivity contribution is 5.98. The van der Waals surface area contributed by atoms with Crippen molar-refractivity contribution in [3.63, 3.8) is 0 Å². The lowest BCUT2D eigenvalue weighted by Crippen LogP contribution is -2.24. The molecule has 0 unspecified atom stereocenters. The number of para-hydroxylation sites is 3. The molecule has 3 aromatic carbocycles.